The molecule has 0 radical (unpaired) electrons. The summed E-state index contributed by atoms with van der Waals surface area (Å²) in [4.78, 5) is 2.08. The highest BCUT2D eigenvalue weighted by atomic mass is 79.9. The summed E-state index contributed by atoms with van der Waals surface area (Å²) in [6.45, 7) is 2.36. The van der Waals surface area contributed by atoms with Crippen molar-refractivity contribution in [3.05, 3.63) is 28.2 Å². The Hall–Kier alpha value is -0.750. The number of rotatable bonds is 3. The maximum absolute atomic E-state index is 12.2. The van der Waals surface area contributed by atoms with Crippen LogP contribution in [0.25, 0.3) is 0 Å². The Bertz CT molecular complexity index is 404. The summed E-state index contributed by atoms with van der Waals surface area (Å²) in [6.07, 6.45) is -3.55. The van der Waals surface area contributed by atoms with E-state index in [0.717, 1.165) is 19.5 Å². The first-order valence-electron chi connectivity index (χ1n) is 5.20. The SMILES string of the molecule is FC(F)(F)Oc1cc(Br)ccc1CN1CCC1. The van der Waals surface area contributed by atoms with Crippen LogP contribution in [0.4, 0.5) is 13.2 Å². The summed E-state index contributed by atoms with van der Waals surface area (Å²) in [5.41, 5.74) is 0.560. The summed E-state index contributed by atoms with van der Waals surface area (Å²) in [5.74, 6) is -0.126. The molecule has 1 heterocycles. The van der Waals surface area contributed by atoms with Crippen LogP contribution >= 0.6 is 15.9 Å². The van der Waals surface area contributed by atoms with E-state index < -0.39 is 6.36 Å². The highest BCUT2D eigenvalue weighted by molar-refractivity contribution is 9.10. The standard InChI is InChI=1S/C11H11BrF3NO/c12-9-3-2-8(7-16-4-1-5-16)10(6-9)17-11(13,14)15/h2-3,6H,1,4-5,7H2. The molecule has 1 aromatic rings. The van der Waals surface area contributed by atoms with E-state index in [1.807, 2.05) is 0 Å². The maximum atomic E-state index is 12.2. The summed E-state index contributed by atoms with van der Waals surface area (Å²) in [5, 5.41) is 0. The van der Waals surface area contributed by atoms with Gasteiger partial charge in [-0.15, -0.1) is 13.2 Å². The highest BCUT2D eigenvalue weighted by Crippen LogP contribution is 2.30. The number of hydrogen-bond donors (Lipinski definition) is 0. The van der Waals surface area contributed by atoms with Gasteiger partial charge >= 0.3 is 6.36 Å². The molecule has 0 aromatic heterocycles. The third kappa shape index (κ3) is 3.61. The molecule has 1 aliphatic heterocycles. The normalized spacial score (nSPS) is 16.7. The molecule has 0 atom stereocenters. The van der Waals surface area contributed by atoms with Gasteiger partial charge in [-0.25, -0.2) is 0 Å². The summed E-state index contributed by atoms with van der Waals surface area (Å²) >= 11 is 3.14. The van der Waals surface area contributed by atoms with Crippen LogP contribution in [-0.2, 0) is 6.54 Å². The molecule has 1 saturated heterocycles. The van der Waals surface area contributed by atoms with Crippen LogP contribution in [0.5, 0.6) is 5.75 Å². The van der Waals surface area contributed by atoms with E-state index in [2.05, 4.69) is 25.6 Å². The van der Waals surface area contributed by atoms with Gasteiger partial charge in [0.15, 0.2) is 0 Å². The second kappa shape index (κ2) is 4.86. The van der Waals surface area contributed by atoms with Gasteiger partial charge in [0.1, 0.15) is 5.75 Å². The van der Waals surface area contributed by atoms with Crippen molar-refractivity contribution in [3.8, 4) is 5.75 Å². The van der Waals surface area contributed by atoms with E-state index in [0.29, 0.717) is 16.6 Å². The van der Waals surface area contributed by atoms with Crippen molar-refractivity contribution in [2.45, 2.75) is 19.3 Å². The van der Waals surface area contributed by atoms with E-state index in [1.165, 1.54) is 6.07 Å². The van der Waals surface area contributed by atoms with Crippen LogP contribution in [0, 0.1) is 0 Å². The second-order valence-corrected chi connectivity index (χ2v) is 4.85. The van der Waals surface area contributed by atoms with Gasteiger partial charge in [0.2, 0.25) is 0 Å². The van der Waals surface area contributed by atoms with Crippen molar-refractivity contribution in [1.29, 1.82) is 0 Å². The van der Waals surface area contributed by atoms with Crippen LogP contribution in [-0.4, -0.2) is 24.4 Å². The molecule has 1 aromatic carbocycles. The molecule has 2 rings (SSSR count). The van der Waals surface area contributed by atoms with E-state index in [1.54, 1.807) is 12.1 Å². The van der Waals surface area contributed by atoms with Crippen molar-refractivity contribution in [2.24, 2.45) is 0 Å². The molecule has 0 N–H and O–H groups in total. The van der Waals surface area contributed by atoms with E-state index in [-0.39, 0.29) is 5.75 Å². The molecule has 0 amide bonds. The van der Waals surface area contributed by atoms with Gasteiger partial charge in [-0.05, 0) is 31.6 Å². The molecule has 2 nitrogen and oxygen atoms in total. The number of halogens is 4. The van der Waals surface area contributed by atoms with Gasteiger partial charge in [-0.3, -0.25) is 4.90 Å². The minimum absolute atomic E-state index is 0.126. The lowest BCUT2D eigenvalue weighted by Crippen LogP contribution is -2.36. The maximum Gasteiger partial charge on any atom is 0.573 e. The summed E-state index contributed by atoms with van der Waals surface area (Å²) in [7, 11) is 0. The van der Waals surface area contributed by atoms with Gasteiger partial charge in [0.25, 0.3) is 0 Å². The Balaban J connectivity index is 2.17. The first-order valence-corrected chi connectivity index (χ1v) is 6.00. The molecule has 0 saturated carbocycles. The lowest BCUT2D eigenvalue weighted by molar-refractivity contribution is -0.275. The Morgan fingerprint density at radius 3 is 2.53 bits per heavy atom. The fourth-order valence-corrected chi connectivity index (χ4v) is 2.00. The largest absolute Gasteiger partial charge is 0.573 e. The number of hydrogen-bond acceptors (Lipinski definition) is 2. The fraction of sp³-hybridized carbons (Fsp3) is 0.455. The molecule has 1 fully saturated rings. The molecular weight excluding hydrogens is 299 g/mol. The quantitative estimate of drug-likeness (QED) is 0.846. The van der Waals surface area contributed by atoms with Crippen molar-refractivity contribution < 1.29 is 17.9 Å². The predicted octanol–water partition coefficient (Wildman–Crippen LogP) is 3.55. The second-order valence-electron chi connectivity index (χ2n) is 3.93. The van der Waals surface area contributed by atoms with Crippen LogP contribution in [0.3, 0.4) is 0 Å². The molecule has 0 aliphatic carbocycles. The smallest absolute Gasteiger partial charge is 0.405 e. The van der Waals surface area contributed by atoms with Gasteiger partial charge in [0.05, 0.1) is 0 Å². The summed E-state index contributed by atoms with van der Waals surface area (Å²) < 4.78 is 41.3. The molecule has 1 aliphatic rings. The first-order chi connectivity index (χ1) is 7.94. The van der Waals surface area contributed by atoms with Crippen molar-refractivity contribution in [3.63, 3.8) is 0 Å². The highest BCUT2D eigenvalue weighted by Gasteiger charge is 2.32. The molecular formula is C11H11BrF3NO. The first kappa shape index (κ1) is 12.7. The molecule has 0 bridgehead atoms. The Morgan fingerprint density at radius 2 is 2.00 bits per heavy atom. The minimum atomic E-state index is -4.65. The zero-order valence-corrected chi connectivity index (χ0v) is 10.5. The third-order valence-electron chi connectivity index (χ3n) is 2.60. The average molecular weight is 310 g/mol. The zero-order valence-electron chi connectivity index (χ0n) is 8.93. The topological polar surface area (TPSA) is 12.5 Å². The number of likely N-dealkylation sites (tertiary alicyclic amines) is 1. The molecule has 17 heavy (non-hydrogen) atoms. The Morgan fingerprint density at radius 1 is 1.29 bits per heavy atom. The van der Waals surface area contributed by atoms with E-state index in [4.69, 9.17) is 0 Å². The molecule has 0 spiro atoms. The van der Waals surface area contributed by atoms with Crippen molar-refractivity contribution in [1.82, 2.24) is 4.90 Å². The monoisotopic (exact) mass is 309 g/mol. The van der Waals surface area contributed by atoms with E-state index in [9.17, 15) is 13.2 Å². The zero-order chi connectivity index (χ0) is 12.5. The van der Waals surface area contributed by atoms with Crippen LogP contribution in [0.1, 0.15) is 12.0 Å². The fourth-order valence-electron chi connectivity index (χ4n) is 1.66. The van der Waals surface area contributed by atoms with Gasteiger partial charge in [0, 0.05) is 16.6 Å². The molecule has 6 heteroatoms. The lowest BCUT2D eigenvalue weighted by atomic mass is 10.1. The Kier molecular flexibility index (Phi) is 3.63. The lowest BCUT2D eigenvalue weighted by Gasteiger charge is -2.31. The van der Waals surface area contributed by atoms with Gasteiger partial charge in [-0.2, -0.15) is 0 Å². The van der Waals surface area contributed by atoms with Crippen molar-refractivity contribution >= 4 is 15.9 Å². The predicted molar refractivity (Wildman–Crippen MR) is 60.7 cm³/mol. The van der Waals surface area contributed by atoms with Gasteiger partial charge < -0.3 is 4.74 Å². The molecule has 94 valence electrons. The van der Waals surface area contributed by atoms with Crippen molar-refractivity contribution in [2.75, 3.05) is 13.1 Å². The van der Waals surface area contributed by atoms with Crippen LogP contribution < -0.4 is 4.74 Å². The summed E-state index contributed by atoms with van der Waals surface area (Å²) in [6, 6.07) is 4.73. The number of nitrogens with zero attached hydrogens (tertiary/aromatic N) is 1. The van der Waals surface area contributed by atoms with Crippen LogP contribution in [0.2, 0.25) is 0 Å². The number of alkyl halides is 3. The molecule has 0 unspecified atom stereocenters. The number of ether oxygens (including phenoxy) is 1. The number of benzene rings is 1. The average Bonchev–Trinajstić information content (AvgIpc) is 2.11. The van der Waals surface area contributed by atoms with Crippen LogP contribution in [0.15, 0.2) is 22.7 Å². The Labute approximate surface area is 105 Å². The minimum Gasteiger partial charge on any atom is -0.405 e. The van der Waals surface area contributed by atoms with Gasteiger partial charge in [-0.1, -0.05) is 22.0 Å². The third-order valence-corrected chi connectivity index (χ3v) is 3.09. The van der Waals surface area contributed by atoms with E-state index >= 15 is 0 Å².